The standard InChI is InChI=1S/C21H34N2O.C14H21NO.C8H14O/c1-3-13-23(14-10-17-8-11-22-12-9-17)20-6-4-18-5-7-21(24-2)16-19(18)15-20;1-3-8-15-13-6-4-11-5-7-14(16-2)10-12(11)9-13;9-7-6-8-4-2-1-3-5-8/h5,7,16-17,20,22H,3-4,6,8-15H2,1-2H3;5,7,10,13,15H,3-4,6,8-9H2,1-2H3;7-8H,1-6H2/t20-;13-;/m11./s1. The molecule has 4 aliphatic rings. The fraction of sp³-hybridized carbons (Fsp3) is 0.698. The number of aldehydes is 1. The van der Waals surface area contributed by atoms with Crippen molar-refractivity contribution in [1.82, 2.24) is 15.5 Å². The molecule has 1 saturated carbocycles. The van der Waals surface area contributed by atoms with Crippen molar-refractivity contribution in [2.75, 3.05) is 46.9 Å². The Balaban J connectivity index is 0.000000185. The molecule has 2 fully saturated rings. The Morgan fingerprint density at radius 1 is 0.755 bits per heavy atom. The summed E-state index contributed by atoms with van der Waals surface area (Å²) in [7, 11) is 3.50. The first kappa shape index (κ1) is 39.4. The van der Waals surface area contributed by atoms with Crippen LogP contribution in [0, 0.1) is 11.8 Å². The molecule has 3 aliphatic carbocycles. The van der Waals surface area contributed by atoms with Crippen LogP contribution in [0.25, 0.3) is 0 Å². The Morgan fingerprint density at radius 2 is 1.41 bits per heavy atom. The van der Waals surface area contributed by atoms with Gasteiger partial charge in [-0.05, 0) is 162 Å². The lowest BCUT2D eigenvalue weighted by atomic mass is 9.86. The summed E-state index contributed by atoms with van der Waals surface area (Å²) in [6.45, 7) is 10.6. The Hall–Kier alpha value is -2.41. The maximum Gasteiger partial charge on any atom is 0.120 e. The van der Waals surface area contributed by atoms with Gasteiger partial charge in [0.1, 0.15) is 17.8 Å². The van der Waals surface area contributed by atoms with Crippen LogP contribution < -0.4 is 20.1 Å². The van der Waals surface area contributed by atoms with Crippen LogP contribution in [-0.4, -0.2) is 70.2 Å². The molecule has 6 heteroatoms. The number of nitrogens with one attached hydrogen (secondary N) is 2. The monoisotopic (exact) mass is 676 g/mol. The Bertz CT molecular complexity index is 1210. The van der Waals surface area contributed by atoms with E-state index in [0.717, 1.165) is 49.0 Å². The second-order valence-corrected chi connectivity index (χ2v) is 15.0. The first-order chi connectivity index (χ1) is 24.1. The van der Waals surface area contributed by atoms with E-state index < -0.39 is 0 Å². The highest BCUT2D eigenvalue weighted by atomic mass is 16.5. The van der Waals surface area contributed by atoms with E-state index in [1.165, 1.54) is 145 Å². The van der Waals surface area contributed by atoms with E-state index in [0.29, 0.717) is 12.1 Å². The molecule has 0 bridgehead atoms. The third-order valence-electron chi connectivity index (χ3n) is 11.4. The van der Waals surface area contributed by atoms with Crippen molar-refractivity contribution in [3.05, 3.63) is 58.7 Å². The number of methoxy groups -OCH3 is 2. The predicted octanol–water partition coefficient (Wildman–Crippen LogP) is 8.36. The minimum Gasteiger partial charge on any atom is -0.497 e. The number of carbonyl (C=O) groups is 1. The van der Waals surface area contributed by atoms with Gasteiger partial charge >= 0.3 is 0 Å². The highest BCUT2D eigenvalue weighted by Gasteiger charge is 2.25. The van der Waals surface area contributed by atoms with Crippen LogP contribution >= 0.6 is 0 Å². The summed E-state index contributed by atoms with van der Waals surface area (Å²) in [4.78, 5) is 12.9. The average molecular weight is 676 g/mol. The summed E-state index contributed by atoms with van der Waals surface area (Å²) in [5, 5.41) is 7.10. The molecule has 2 N–H and O–H groups in total. The average Bonchev–Trinajstić information content (AvgIpc) is 3.16. The number of hydrogen-bond acceptors (Lipinski definition) is 6. The van der Waals surface area contributed by atoms with E-state index >= 15 is 0 Å². The summed E-state index contributed by atoms with van der Waals surface area (Å²) in [5.74, 6) is 3.65. The SMILES string of the molecule is CCCN(CCC1CCNCC1)[C@@H]1CCc2ccc(OC)cc2C1.CCCN[C@@H]1CCc2ccc(OC)cc2C1.O=CCC1CCCCC1. The van der Waals surface area contributed by atoms with E-state index in [1.807, 2.05) is 0 Å². The van der Waals surface area contributed by atoms with Crippen LogP contribution in [0.1, 0.15) is 120 Å². The van der Waals surface area contributed by atoms with Gasteiger partial charge in [0, 0.05) is 18.5 Å². The molecule has 6 nitrogen and oxygen atoms in total. The second kappa shape index (κ2) is 22.4. The van der Waals surface area contributed by atoms with Crippen LogP contribution in [0.3, 0.4) is 0 Å². The molecule has 2 aromatic rings. The van der Waals surface area contributed by atoms with Crippen molar-refractivity contribution in [1.29, 1.82) is 0 Å². The number of piperidine rings is 1. The fourth-order valence-corrected chi connectivity index (χ4v) is 8.38. The molecular weight excluding hydrogens is 606 g/mol. The van der Waals surface area contributed by atoms with Gasteiger partial charge in [0.2, 0.25) is 0 Å². The summed E-state index contributed by atoms with van der Waals surface area (Å²) < 4.78 is 10.7. The summed E-state index contributed by atoms with van der Waals surface area (Å²) in [5.41, 5.74) is 5.99. The normalized spacial score (nSPS) is 20.9. The van der Waals surface area contributed by atoms with Crippen molar-refractivity contribution in [2.45, 2.75) is 135 Å². The highest BCUT2D eigenvalue weighted by Crippen LogP contribution is 2.29. The quantitative estimate of drug-likeness (QED) is 0.208. The van der Waals surface area contributed by atoms with E-state index in [2.05, 4.69) is 65.8 Å². The van der Waals surface area contributed by atoms with Gasteiger partial charge in [0.05, 0.1) is 14.2 Å². The number of hydrogen-bond donors (Lipinski definition) is 2. The summed E-state index contributed by atoms with van der Waals surface area (Å²) in [6.07, 6.45) is 22.4. The van der Waals surface area contributed by atoms with E-state index in [1.54, 1.807) is 14.2 Å². The number of rotatable bonds is 13. The molecule has 6 rings (SSSR count). The zero-order chi connectivity index (χ0) is 34.7. The van der Waals surface area contributed by atoms with Gasteiger partial charge in [-0.1, -0.05) is 58.1 Å². The maximum absolute atomic E-state index is 10.1. The molecule has 0 spiro atoms. The highest BCUT2D eigenvalue weighted by molar-refractivity contribution is 5.49. The maximum atomic E-state index is 10.1. The zero-order valence-electron chi connectivity index (χ0n) is 31.6. The Morgan fingerprint density at radius 3 is 2.02 bits per heavy atom. The predicted molar refractivity (Wildman–Crippen MR) is 205 cm³/mol. The molecule has 2 atom stereocenters. The van der Waals surface area contributed by atoms with Crippen LogP contribution in [0.4, 0.5) is 0 Å². The number of fused-ring (bicyclic) bond motifs is 2. The third kappa shape index (κ3) is 13.3. The topological polar surface area (TPSA) is 62.8 Å². The van der Waals surface area contributed by atoms with Gasteiger partial charge in [-0.25, -0.2) is 0 Å². The fourth-order valence-electron chi connectivity index (χ4n) is 8.38. The summed E-state index contributed by atoms with van der Waals surface area (Å²) in [6, 6.07) is 14.5. The van der Waals surface area contributed by atoms with E-state index in [-0.39, 0.29) is 0 Å². The van der Waals surface area contributed by atoms with Gasteiger partial charge in [-0.2, -0.15) is 0 Å². The lowest BCUT2D eigenvalue weighted by Crippen LogP contribution is -2.41. The number of carbonyl (C=O) groups excluding carboxylic acids is 1. The minimum absolute atomic E-state index is 0.652. The molecule has 0 unspecified atom stereocenters. The van der Waals surface area contributed by atoms with Crippen molar-refractivity contribution in [3.8, 4) is 11.5 Å². The van der Waals surface area contributed by atoms with Crippen molar-refractivity contribution in [3.63, 3.8) is 0 Å². The molecule has 0 amide bonds. The molecule has 1 aliphatic heterocycles. The molecule has 2 aromatic carbocycles. The van der Waals surface area contributed by atoms with Crippen LogP contribution in [-0.2, 0) is 30.5 Å². The molecular formula is C43H69N3O3. The van der Waals surface area contributed by atoms with Gasteiger partial charge in [-0.3, -0.25) is 0 Å². The van der Waals surface area contributed by atoms with Gasteiger partial charge in [-0.15, -0.1) is 0 Å². The van der Waals surface area contributed by atoms with Crippen molar-refractivity contribution < 1.29 is 14.3 Å². The van der Waals surface area contributed by atoms with Crippen LogP contribution in [0.2, 0.25) is 0 Å². The van der Waals surface area contributed by atoms with Crippen molar-refractivity contribution >= 4 is 6.29 Å². The molecule has 0 aromatic heterocycles. The lowest BCUT2D eigenvalue weighted by molar-refractivity contribution is -0.108. The molecule has 0 radical (unpaired) electrons. The van der Waals surface area contributed by atoms with Gasteiger partial charge in [0.15, 0.2) is 0 Å². The number of ether oxygens (including phenoxy) is 2. The largest absolute Gasteiger partial charge is 0.497 e. The number of nitrogens with zero attached hydrogens (tertiary/aromatic N) is 1. The van der Waals surface area contributed by atoms with Gasteiger partial charge < -0.3 is 29.8 Å². The number of aryl methyl sites for hydroxylation is 2. The van der Waals surface area contributed by atoms with E-state index in [9.17, 15) is 4.79 Å². The first-order valence-corrected chi connectivity index (χ1v) is 20.0. The molecule has 1 saturated heterocycles. The lowest BCUT2D eigenvalue weighted by Gasteiger charge is -2.36. The van der Waals surface area contributed by atoms with E-state index in [4.69, 9.17) is 9.47 Å². The smallest absolute Gasteiger partial charge is 0.120 e. The van der Waals surface area contributed by atoms with Crippen LogP contribution in [0.5, 0.6) is 11.5 Å². The molecule has 49 heavy (non-hydrogen) atoms. The minimum atomic E-state index is 0.652. The van der Waals surface area contributed by atoms with Crippen LogP contribution in [0.15, 0.2) is 36.4 Å². The molecule has 1 heterocycles. The summed E-state index contributed by atoms with van der Waals surface area (Å²) >= 11 is 0. The second-order valence-electron chi connectivity index (χ2n) is 15.0. The number of benzene rings is 2. The van der Waals surface area contributed by atoms with Crippen molar-refractivity contribution in [2.24, 2.45) is 11.8 Å². The molecule has 274 valence electrons. The zero-order valence-corrected chi connectivity index (χ0v) is 31.6. The Labute approximate surface area is 299 Å². The Kier molecular flexibility index (Phi) is 18.0. The third-order valence-corrected chi connectivity index (χ3v) is 11.4. The first-order valence-electron chi connectivity index (χ1n) is 20.0. The van der Waals surface area contributed by atoms with Gasteiger partial charge in [0.25, 0.3) is 0 Å².